The van der Waals surface area contributed by atoms with Gasteiger partial charge in [-0.05, 0) is 47.1 Å². The van der Waals surface area contributed by atoms with Gasteiger partial charge in [-0.2, -0.15) is 0 Å². The lowest BCUT2D eigenvalue weighted by Crippen LogP contribution is -2.17. The highest BCUT2D eigenvalue weighted by molar-refractivity contribution is 8.13. The summed E-state index contributed by atoms with van der Waals surface area (Å²) in [7, 11) is 0. The fourth-order valence-electron chi connectivity index (χ4n) is 3.81. The zero-order valence-corrected chi connectivity index (χ0v) is 22.8. The first-order chi connectivity index (χ1) is 14.8. The third-order valence-electron chi connectivity index (χ3n) is 5.80. The van der Waals surface area contributed by atoms with Crippen molar-refractivity contribution in [1.82, 2.24) is 0 Å². The molecule has 184 valence electrons. The first kappa shape index (κ1) is 28.9. The normalized spacial score (nSPS) is 12.4. The van der Waals surface area contributed by atoms with Crippen molar-refractivity contribution in [2.24, 2.45) is 5.92 Å². The molecule has 4 heteroatoms. The lowest BCUT2D eigenvalue weighted by Gasteiger charge is -2.28. The van der Waals surface area contributed by atoms with E-state index >= 15 is 0 Å². The highest BCUT2D eigenvalue weighted by Gasteiger charge is 2.27. The van der Waals surface area contributed by atoms with Crippen molar-refractivity contribution in [2.75, 3.05) is 6.61 Å². The van der Waals surface area contributed by atoms with Gasteiger partial charge in [0.2, 0.25) is 0 Å². The maximum atomic E-state index is 12.4. The molecule has 32 heavy (non-hydrogen) atoms. The van der Waals surface area contributed by atoms with E-state index in [9.17, 15) is 9.90 Å². The van der Waals surface area contributed by atoms with E-state index in [2.05, 4.69) is 55.4 Å². The van der Waals surface area contributed by atoms with E-state index in [0.717, 1.165) is 46.5 Å². The number of phenolic OH excluding ortho intramolecular Hbond substituents is 1. The van der Waals surface area contributed by atoms with E-state index in [1.54, 1.807) is 0 Å². The van der Waals surface area contributed by atoms with Gasteiger partial charge in [0.15, 0.2) is 0 Å². The van der Waals surface area contributed by atoms with Crippen LogP contribution in [-0.4, -0.2) is 17.0 Å². The van der Waals surface area contributed by atoms with E-state index in [1.165, 1.54) is 44.9 Å². The van der Waals surface area contributed by atoms with Gasteiger partial charge in [0.05, 0.1) is 6.61 Å². The minimum atomic E-state index is -0.263. The molecule has 0 atom stereocenters. The van der Waals surface area contributed by atoms with Crippen molar-refractivity contribution in [2.45, 2.75) is 129 Å². The molecule has 0 saturated carbocycles. The quantitative estimate of drug-likeness (QED) is 0.190. The van der Waals surface area contributed by atoms with Crippen LogP contribution in [0.2, 0.25) is 0 Å². The Bertz CT molecular complexity index is 661. The fourth-order valence-corrected chi connectivity index (χ4v) is 4.50. The molecule has 0 aromatic heterocycles. The van der Waals surface area contributed by atoms with Crippen LogP contribution in [0.5, 0.6) is 5.75 Å². The third-order valence-corrected chi connectivity index (χ3v) is 6.55. The number of hydrogen-bond acceptors (Lipinski definition) is 4. The number of phenols is 1. The van der Waals surface area contributed by atoms with Crippen LogP contribution in [0.3, 0.4) is 0 Å². The summed E-state index contributed by atoms with van der Waals surface area (Å²) in [4.78, 5) is 13.2. The largest absolute Gasteiger partial charge is 0.507 e. The Labute approximate surface area is 202 Å². The van der Waals surface area contributed by atoms with Crippen LogP contribution in [0.4, 0.5) is 4.79 Å². The molecule has 0 aliphatic rings. The van der Waals surface area contributed by atoms with Gasteiger partial charge in [0.25, 0.3) is 0 Å². The predicted octanol–water partition coefficient (Wildman–Crippen LogP) is 9.38. The van der Waals surface area contributed by atoms with E-state index < -0.39 is 0 Å². The van der Waals surface area contributed by atoms with Crippen molar-refractivity contribution in [3.8, 4) is 5.75 Å². The van der Waals surface area contributed by atoms with Crippen molar-refractivity contribution < 1.29 is 14.6 Å². The first-order valence-corrected chi connectivity index (χ1v) is 13.4. The number of ether oxygens (including phenoxy) is 1. The fraction of sp³-hybridized carbons (Fsp3) is 0.750. The minimum absolute atomic E-state index is 0.209. The van der Waals surface area contributed by atoms with Crippen LogP contribution >= 0.6 is 11.8 Å². The Balaban J connectivity index is 2.41. The Morgan fingerprint density at radius 1 is 0.844 bits per heavy atom. The number of carbonyl (C=O) groups is 1. The number of benzene rings is 1. The van der Waals surface area contributed by atoms with Crippen LogP contribution in [0.1, 0.15) is 124 Å². The maximum absolute atomic E-state index is 12.4. The second-order valence-corrected chi connectivity index (χ2v) is 12.6. The SMILES string of the molecule is CC(C)CCCCCCCCCCOC(=O)Sc1cc(C(C)(C)C)c(O)c(C(C)(C)C)c1. The molecule has 0 aliphatic carbocycles. The topological polar surface area (TPSA) is 46.5 Å². The molecule has 3 nitrogen and oxygen atoms in total. The van der Waals surface area contributed by atoms with Crippen LogP contribution < -0.4 is 0 Å². The number of aromatic hydroxyl groups is 1. The molecule has 1 N–H and O–H groups in total. The van der Waals surface area contributed by atoms with Crippen LogP contribution in [0.15, 0.2) is 17.0 Å². The Hall–Kier alpha value is -1.16. The van der Waals surface area contributed by atoms with Gasteiger partial charge in [0, 0.05) is 16.0 Å². The van der Waals surface area contributed by atoms with Crippen LogP contribution in [0.25, 0.3) is 0 Å². The van der Waals surface area contributed by atoms with Crippen LogP contribution in [-0.2, 0) is 15.6 Å². The van der Waals surface area contributed by atoms with E-state index in [1.807, 2.05) is 12.1 Å². The first-order valence-electron chi connectivity index (χ1n) is 12.5. The zero-order chi connectivity index (χ0) is 24.4. The summed E-state index contributed by atoms with van der Waals surface area (Å²) in [5.41, 5.74) is 1.31. The molecule has 0 amide bonds. The summed E-state index contributed by atoms with van der Waals surface area (Å²) in [5, 5.41) is 10.6. The molecule has 0 spiro atoms. The number of carbonyl (C=O) groups excluding carboxylic acids is 1. The second kappa shape index (κ2) is 13.5. The van der Waals surface area contributed by atoms with Gasteiger partial charge in [-0.15, -0.1) is 0 Å². The maximum Gasteiger partial charge on any atom is 0.372 e. The van der Waals surface area contributed by atoms with Gasteiger partial charge < -0.3 is 9.84 Å². The highest BCUT2D eigenvalue weighted by atomic mass is 32.2. The molecule has 0 bridgehead atoms. The lowest BCUT2D eigenvalue weighted by molar-refractivity contribution is 0.172. The molecule has 0 fully saturated rings. The molecule has 0 aliphatic heterocycles. The molecular formula is C28H48O3S. The van der Waals surface area contributed by atoms with Crippen molar-refractivity contribution in [3.63, 3.8) is 0 Å². The molecule has 1 aromatic carbocycles. The Morgan fingerprint density at radius 2 is 1.28 bits per heavy atom. The Kier molecular flexibility index (Phi) is 12.2. The van der Waals surface area contributed by atoms with Crippen molar-refractivity contribution >= 4 is 17.1 Å². The van der Waals surface area contributed by atoms with E-state index in [-0.39, 0.29) is 16.1 Å². The standard InChI is InChI=1S/C28H48O3S/c1-21(2)17-15-13-11-9-10-12-14-16-18-31-26(30)32-22-19-23(27(3,4)5)25(29)24(20-22)28(6,7)8/h19-21,29H,9-18H2,1-8H3. The summed E-state index contributed by atoms with van der Waals surface area (Å²) in [6.45, 7) is 17.5. The molecule has 0 heterocycles. The summed E-state index contributed by atoms with van der Waals surface area (Å²) < 4.78 is 5.47. The molecule has 0 unspecified atom stereocenters. The van der Waals surface area contributed by atoms with Crippen molar-refractivity contribution in [1.29, 1.82) is 0 Å². The highest BCUT2D eigenvalue weighted by Crippen LogP contribution is 2.42. The summed E-state index contributed by atoms with van der Waals surface area (Å²) in [5.74, 6) is 1.16. The average molecular weight is 465 g/mol. The predicted molar refractivity (Wildman–Crippen MR) is 139 cm³/mol. The van der Waals surface area contributed by atoms with Gasteiger partial charge >= 0.3 is 5.30 Å². The number of hydrogen-bond donors (Lipinski definition) is 1. The summed E-state index contributed by atoms with van der Waals surface area (Å²) in [6, 6.07) is 3.86. The smallest absolute Gasteiger partial charge is 0.372 e. The summed E-state index contributed by atoms with van der Waals surface area (Å²) >= 11 is 1.12. The van der Waals surface area contributed by atoms with E-state index in [0.29, 0.717) is 12.4 Å². The monoisotopic (exact) mass is 464 g/mol. The minimum Gasteiger partial charge on any atom is -0.507 e. The molecular weight excluding hydrogens is 416 g/mol. The molecule has 1 rings (SSSR count). The second-order valence-electron chi connectivity index (χ2n) is 11.6. The molecule has 1 aromatic rings. The van der Waals surface area contributed by atoms with Crippen molar-refractivity contribution in [3.05, 3.63) is 23.3 Å². The number of rotatable bonds is 12. The molecule has 0 saturated heterocycles. The van der Waals surface area contributed by atoms with E-state index in [4.69, 9.17) is 4.74 Å². The number of thioether (sulfide) groups is 1. The molecule has 0 radical (unpaired) electrons. The van der Waals surface area contributed by atoms with Crippen LogP contribution in [0, 0.1) is 5.92 Å². The third kappa shape index (κ3) is 11.1. The zero-order valence-electron chi connectivity index (χ0n) is 22.0. The van der Waals surface area contributed by atoms with Gasteiger partial charge in [-0.25, -0.2) is 4.79 Å². The summed E-state index contributed by atoms with van der Waals surface area (Å²) in [6.07, 6.45) is 11.3. The van der Waals surface area contributed by atoms with Gasteiger partial charge in [-0.3, -0.25) is 0 Å². The van der Waals surface area contributed by atoms with Gasteiger partial charge in [-0.1, -0.05) is 107 Å². The Morgan fingerprint density at radius 3 is 1.72 bits per heavy atom. The lowest BCUT2D eigenvalue weighted by atomic mass is 9.79. The van der Waals surface area contributed by atoms with Gasteiger partial charge in [0.1, 0.15) is 5.75 Å². The average Bonchev–Trinajstić information content (AvgIpc) is 2.65. The number of unbranched alkanes of at least 4 members (excludes halogenated alkanes) is 7.